The molecule has 1 unspecified atom stereocenters. The second kappa shape index (κ2) is 13.9. The molecule has 104 valence electrons. The van der Waals surface area contributed by atoms with Gasteiger partial charge in [-0.05, 0) is 19.3 Å². The van der Waals surface area contributed by atoms with E-state index >= 15 is 0 Å². The molecule has 0 saturated heterocycles. The first-order chi connectivity index (χ1) is 8.35. The Hall–Kier alpha value is -0.120. The van der Waals surface area contributed by atoms with Crippen LogP contribution in [0.2, 0.25) is 0 Å². The number of ether oxygens (including phenoxy) is 2. The summed E-state index contributed by atoms with van der Waals surface area (Å²) in [5.41, 5.74) is 0. The van der Waals surface area contributed by atoms with Crippen molar-refractivity contribution in [3.8, 4) is 0 Å². The Bertz CT molecular complexity index is 142. The fourth-order valence-corrected chi connectivity index (χ4v) is 1.89. The first kappa shape index (κ1) is 16.9. The van der Waals surface area contributed by atoms with Crippen molar-refractivity contribution in [2.24, 2.45) is 0 Å². The average Bonchev–Trinajstić information content (AvgIpc) is 2.34. The van der Waals surface area contributed by atoms with Gasteiger partial charge < -0.3 is 14.8 Å². The Morgan fingerprint density at radius 1 is 0.941 bits per heavy atom. The maximum absolute atomic E-state index is 5.53. The molecule has 0 aliphatic rings. The molecule has 3 heteroatoms. The van der Waals surface area contributed by atoms with Gasteiger partial charge in [0.25, 0.3) is 0 Å². The highest BCUT2D eigenvalue weighted by molar-refractivity contribution is 4.65. The molecule has 0 rings (SSSR count). The third kappa shape index (κ3) is 12.1. The lowest BCUT2D eigenvalue weighted by Crippen LogP contribution is -2.32. The number of nitrogens with one attached hydrogen (secondary N) is 1. The number of methoxy groups -OCH3 is 1. The molecule has 17 heavy (non-hydrogen) atoms. The molecule has 1 atom stereocenters. The second-order valence-electron chi connectivity index (χ2n) is 4.54. The van der Waals surface area contributed by atoms with Crippen molar-refractivity contribution < 1.29 is 9.47 Å². The van der Waals surface area contributed by atoms with Crippen LogP contribution in [0.15, 0.2) is 0 Å². The second-order valence-corrected chi connectivity index (χ2v) is 4.54. The van der Waals surface area contributed by atoms with Crippen LogP contribution in [0, 0.1) is 0 Å². The molecule has 0 aliphatic carbocycles. The Labute approximate surface area is 107 Å². The molecule has 0 fully saturated rings. The molecular weight excluding hydrogens is 214 g/mol. The molecule has 3 nitrogen and oxygen atoms in total. The zero-order chi connectivity index (χ0) is 12.8. The molecule has 0 heterocycles. The summed E-state index contributed by atoms with van der Waals surface area (Å²) in [6.45, 7) is 7.90. The van der Waals surface area contributed by atoms with Crippen LogP contribution in [0.1, 0.15) is 52.4 Å². The van der Waals surface area contributed by atoms with Crippen LogP contribution in [0.3, 0.4) is 0 Å². The molecule has 0 aromatic heterocycles. The summed E-state index contributed by atoms with van der Waals surface area (Å²) in [5, 5.41) is 3.59. The molecule has 0 bridgehead atoms. The summed E-state index contributed by atoms with van der Waals surface area (Å²) in [7, 11) is 1.73. The van der Waals surface area contributed by atoms with Gasteiger partial charge in [0.15, 0.2) is 0 Å². The highest BCUT2D eigenvalue weighted by Crippen LogP contribution is 2.06. The van der Waals surface area contributed by atoms with E-state index in [0.717, 1.165) is 32.8 Å². The minimum absolute atomic E-state index is 0.683. The maximum Gasteiger partial charge on any atom is 0.0591 e. The highest BCUT2D eigenvalue weighted by Gasteiger charge is 2.05. The monoisotopic (exact) mass is 245 g/mol. The fraction of sp³-hybridized carbons (Fsp3) is 1.00. The number of unbranched alkanes of at least 4 members (excludes halogenated alkanes) is 1. The Kier molecular flexibility index (Phi) is 13.8. The average molecular weight is 245 g/mol. The minimum Gasteiger partial charge on any atom is -0.385 e. The summed E-state index contributed by atoms with van der Waals surface area (Å²) in [4.78, 5) is 0. The normalized spacial score (nSPS) is 12.9. The zero-order valence-electron chi connectivity index (χ0n) is 12.0. The highest BCUT2D eigenvalue weighted by atomic mass is 16.5. The van der Waals surface area contributed by atoms with Crippen molar-refractivity contribution in [3.05, 3.63) is 0 Å². The predicted octanol–water partition coefficient (Wildman–Crippen LogP) is 2.99. The molecule has 0 aromatic carbocycles. The van der Waals surface area contributed by atoms with Gasteiger partial charge in [-0.2, -0.15) is 0 Å². The van der Waals surface area contributed by atoms with Gasteiger partial charge in [-0.3, -0.25) is 0 Å². The van der Waals surface area contributed by atoms with E-state index in [4.69, 9.17) is 9.47 Å². The van der Waals surface area contributed by atoms with Crippen molar-refractivity contribution in [1.29, 1.82) is 0 Å². The van der Waals surface area contributed by atoms with Crippen LogP contribution in [-0.2, 0) is 9.47 Å². The van der Waals surface area contributed by atoms with E-state index in [0.29, 0.717) is 6.04 Å². The van der Waals surface area contributed by atoms with Crippen molar-refractivity contribution >= 4 is 0 Å². The predicted molar refractivity (Wildman–Crippen MR) is 73.5 cm³/mol. The molecule has 0 spiro atoms. The van der Waals surface area contributed by atoms with Gasteiger partial charge in [0.1, 0.15) is 0 Å². The molecule has 0 saturated carbocycles. The number of hydrogen-bond acceptors (Lipinski definition) is 3. The minimum atomic E-state index is 0.683. The van der Waals surface area contributed by atoms with Gasteiger partial charge in [-0.15, -0.1) is 0 Å². The summed E-state index contributed by atoms with van der Waals surface area (Å²) in [5.74, 6) is 0. The first-order valence-electron chi connectivity index (χ1n) is 7.15. The van der Waals surface area contributed by atoms with Gasteiger partial charge in [0.05, 0.1) is 6.61 Å². The van der Waals surface area contributed by atoms with Gasteiger partial charge >= 0.3 is 0 Å². The summed E-state index contributed by atoms with van der Waals surface area (Å²) in [6.07, 6.45) is 7.44. The third-order valence-corrected chi connectivity index (χ3v) is 2.86. The SMILES string of the molecule is CCCCC(CCC)NCCOCCCOC. The first-order valence-corrected chi connectivity index (χ1v) is 7.15. The standard InChI is InChI=1S/C14H31NO2/c1-4-6-9-14(8-5-2)15-10-13-17-12-7-11-16-3/h14-15H,4-13H2,1-3H3. The van der Waals surface area contributed by atoms with E-state index in [1.54, 1.807) is 7.11 Å². The largest absolute Gasteiger partial charge is 0.385 e. The lowest BCUT2D eigenvalue weighted by atomic mass is 10.1. The summed E-state index contributed by atoms with van der Waals surface area (Å²) >= 11 is 0. The molecule has 0 aliphatic heterocycles. The van der Waals surface area contributed by atoms with Crippen molar-refractivity contribution in [2.45, 2.75) is 58.4 Å². The quantitative estimate of drug-likeness (QED) is 0.506. The van der Waals surface area contributed by atoms with Crippen molar-refractivity contribution in [2.75, 3.05) is 33.5 Å². The summed E-state index contributed by atoms with van der Waals surface area (Å²) < 4.78 is 10.5. The van der Waals surface area contributed by atoms with Gasteiger partial charge in [0, 0.05) is 32.9 Å². The van der Waals surface area contributed by atoms with E-state index in [2.05, 4.69) is 19.2 Å². The van der Waals surface area contributed by atoms with Gasteiger partial charge in [-0.1, -0.05) is 33.1 Å². The number of rotatable bonds is 13. The molecule has 0 amide bonds. The Morgan fingerprint density at radius 3 is 2.41 bits per heavy atom. The van der Waals surface area contributed by atoms with Crippen LogP contribution < -0.4 is 5.32 Å². The summed E-state index contributed by atoms with van der Waals surface area (Å²) in [6, 6.07) is 0.683. The lowest BCUT2D eigenvalue weighted by molar-refractivity contribution is 0.102. The van der Waals surface area contributed by atoms with Gasteiger partial charge in [-0.25, -0.2) is 0 Å². The van der Waals surface area contributed by atoms with Crippen LogP contribution in [-0.4, -0.2) is 39.5 Å². The van der Waals surface area contributed by atoms with E-state index in [9.17, 15) is 0 Å². The van der Waals surface area contributed by atoms with E-state index in [-0.39, 0.29) is 0 Å². The Morgan fingerprint density at radius 2 is 1.76 bits per heavy atom. The Balaban J connectivity index is 3.34. The maximum atomic E-state index is 5.53. The third-order valence-electron chi connectivity index (χ3n) is 2.86. The van der Waals surface area contributed by atoms with Crippen molar-refractivity contribution in [3.63, 3.8) is 0 Å². The van der Waals surface area contributed by atoms with Crippen LogP contribution in [0.5, 0.6) is 0 Å². The van der Waals surface area contributed by atoms with E-state index < -0.39 is 0 Å². The lowest BCUT2D eigenvalue weighted by Gasteiger charge is -2.17. The zero-order valence-corrected chi connectivity index (χ0v) is 12.0. The molecule has 0 aromatic rings. The fourth-order valence-electron chi connectivity index (χ4n) is 1.89. The molecule has 1 N–H and O–H groups in total. The van der Waals surface area contributed by atoms with Crippen LogP contribution in [0.4, 0.5) is 0 Å². The number of hydrogen-bond donors (Lipinski definition) is 1. The smallest absolute Gasteiger partial charge is 0.0591 e. The topological polar surface area (TPSA) is 30.5 Å². The van der Waals surface area contributed by atoms with Crippen LogP contribution in [0.25, 0.3) is 0 Å². The molecule has 0 radical (unpaired) electrons. The van der Waals surface area contributed by atoms with Crippen LogP contribution >= 0.6 is 0 Å². The van der Waals surface area contributed by atoms with E-state index in [1.807, 2.05) is 0 Å². The van der Waals surface area contributed by atoms with E-state index in [1.165, 1.54) is 32.1 Å². The van der Waals surface area contributed by atoms with Crippen molar-refractivity contribution in [1.82, 2.24) is 5.32 Å². The van der Waals surface area contributed by atoms with Gasteiger partial charge in [0.2, 0.25) is 0 Å². The molecular formula is C14H31NO2.